The molecule has 3 heteroatoms. The van der Waals surface area contributed by atoms with Gasteiger partial charge >= 0.3 is 0 Å². The van der Waals surface area contributed by atoms with E-state index in [0.717, 1.165) is 10.3 Å². The van der Waals surface area contributed by atoms with Crippen molar-refractivity contribution in [3.05, 3.63) is 21.3 Å². The van der Waals surface area contributed by atoms with Gasteiger partial charge in [-0.3, -0.25) is 0 Å². The van der Waals surface area contributed by atoms with Crippen molar-refractivity contribution < 1.29 is 0 Å². The largest absolute Gasteiger partial charge is 0.127 e. The van der Waals surface area contributed by atoms with Crippen LogP contribution in [0.3, 0.4) is 0 Å². The summed E-state index contributed by atoms with van der Waals surface area (Å²) in [7, 11) is 0. The molecule has 1 aromatic rings. The van der Waals surface area contributed by atoms with E-state index in [0.29, 0.717) is 4.83 Å². The van der Waals surface area contributed by atoms with Gasteiger partial charge in [-0.25, -0.2) is 0 Å². The lowest BCUT2D eigenvalue weighted by Gasteiger charge is -2.17. The number of rotatable bonds is 3. The SMILES string of the molecule is Clc1ccc(C(Br)CC2CCCCCC2)s1. The summed E-state index contributed by atoms with van der Waals surface area (Å²) in [5, 5.41) is 0. The monoisotopic (exact) mass is 320 g/mol. The summed E-state index contributed by atoms with van der Waals surface area (Å²) in [6.07, 6.45) is 9.84. The van der Waals surface area contributed by atoms with Crippen LogP contribution in [0.4, 0.5) is 0 Å². The zero-order valence-electron chi connectivity index (χ0n) is 9.42. The summed E-state index contributed by atoms with van der Waals surface area (Å²) in [5.41, 5.74) is 0. The molecule has 0 spiro atoms. The number of hydrogen-bond donors (Lipinski definition) is 0. The Morgan fingerprint density at radius 2 is 1.94 bits per heavy atom. The Balaban J connectivity index is 1.88. The van der Waals surface area contributed by atoms with Crippen molar-refractivity contribution in [3.63, 3.8) is 0 Å². The summed E-state index contributed by atoms with van der Waals surface area (Å²) >= 11 is 11.5. The molecule has 90 valence electrons. The van der Waals surface area contributed by atoms with E-state index in [4.69, 9.17) is 11.6 Å². The van der Waals surface area contributed by atoms with Crippen LogP contribution in [0, 0.1) is 5.92 Å². The van der Waals surface area contributed by atoms with Gasteiger partial charge in [0.05, 0.1) is 4.34 Å². The molecule has 1 atom stereocenters. The van der Waals surface area contributed by atoms with E-state index in [1.165, 1.54) is 49.8 Å². The molecule has 1 aliphatic carbocycles. The highest BCUT2D eigenvalue weighted by Crippen LogP contribution is 2.39. The lowest BCUT2D eigenvalue weighted by molar-refractivity contribution is 0.428. The van der Waals surface area contributed by atoms with Crippen molar-refractivity contribution >= 4 is 38.9 Å². The molecule has 1 heterocycles. The molecule has 0 aromatic carbocycles. The van der Waals surface area contributed by atoms with Crippen LogP contribution < -0.4 is 0 Å². The predicted octanol–water partition coefficient (Wildman–Crippen LogP) is 6.20. The van der Waals surface area contributed by atoms with E-state index in [2.05, 4.69) is 22.0 Å². The molecule has 1 saturated carbocycles. The molecule has 2 rings (SSSR count). The molecule has 0 bridgehead atoms. The van der Waals surface area contributed by atoms with Gasteiger partial charge in [-0.15, -0.1) is 11.3 Å². The van der Waals surface area contributed by atoms with E-state index in [1.54, 1.807) is 11.3 Å². The van der Waals surface area contributed by atoms with Gasteiger partial charge in [0.1, 0.15) is 0 Å². The Kier molecular flexibility index (Phi) is 5.18. The minimum Gasteiger partial charge on any atom is -0.127 e. The van der Waals surface area contributed by atoms with Gasteiger partial charge in [0.25, 0.3) is 0 Å². The zero-order valence-corrected chi connectivity index (χ0v) is 12.6. The van der Waals surface area contributed by atoms with E-state index < -0.39 is 0 Å². The van der Waals surface area contributed by atoms with Crippen molar-refractivity contribution in [2.75, 3.05) is 0 Å². The fourth-order valence-electron chi connectivity index (χ4n) is 2.51. The van der Waals surface area contributed by atoms with Gasteiger partial charge < -0.3 is 0 Å². The summed E-state index contributed by atoms with van der Waals surface area (Å²) in [6, 6.07) is 4.16. The van der Waals surface area contributed by atoms with Crippen LogP contribution in [0.25, 0.3) is 0 Å². The second kappa shape index (κ2) is 6.42. The molecular formula is C13H18BrClS. The number of hydrogen-bond acceptors (Lipinski definition) is 1. The molecular weight excluding hydrogens is 304 g/mol. The standard InChI is InChI=1S/C13H18BrClS/c14-11(12-7-8-13(15)16-12)9-10-5-3-1-2-4-6-10/h7-8,10-11H,1-6,9H2. The minimum absolute atomic E-state index is 0.507. The molecule has 0 amide bonds. The summed E-state index contributed by atoms with van der Waals surface area (Å²) in [5.74, 6) is 0.910. The van der Waals surface area contributed by atoms with Crippen LogP contribution >= 0.6 is 38.9 Å². The van der Waals surface area contributed by atoms with Gasteiger partial charge in [-0.2, -0.15) is 0 Å². The van der Waals surface area contributed by atoms with Crippen LogP contribution in [-0.2, 0) is 0 Å². The van der Waals surface area contributed by atoms with Crippen LogP contribution in [-0.4, -0.2) is 0 Å². The van der Waals surface area contributed by atoms with E-state index in [9.17, 15) is 0 Å². The highest BCUT2D eigenvalue weighted by Gasteiger charge is 2.18. The van der Waals surface area contributed by atoms with Crippen molar-refractivity contribution in [3.8, 4) is 0 Å². The molecule has 1 aliphatic rings. The molecule has 0 nitrogen and oxygen atoms in total. The third-order valence-electron chi connectivity index (χ3n) is 3.42. The fraction of sp³-hybridized carbons (Fsp3) is 0.692. The number of alkyl halides is 1. The first kappa shape index (κ1) is 12.9. The zero-order chi connectivity index (χ0) is 11.4. The van der Waals surface area contributed by atoms with Gasteiger partial charge in [0.2, 0.25) is 0 Å². The fourth-order valence-corrected chi connectivity index (χ4v) is 4.52. The van der Waals surface area contributed by atoms with Crippen LogP contribution in [0.15, 0.2) is 12.1 Å². The average Bonchev–Trinajstić information content (AvgIpc) is 2.54. The van der Waals surface area contributed by atoms with Gasteiger partial charge in [0.15, 0.2) is 0 Å². The Hall–Kier alpha value is 0.470. The number of halogens is 2. The number of thiophene rings is 1. The van der Waals surface area contributed by atoms with Crippen molar-refractivity contribution in [2.45, 2.75) is 49.8 Å². The lowest BCUT2D eigenvalue weighted by atomic mass is 9.95. The highest BCUT2D eigenvalue weighted by molar-refractivity contribution is 9.09. The van der Waals surface area contributed by atoms with Crippen molar-refractivity contribution in [1.29, 1.82) is 0 Å². The molecule has 1 unspecified atom stereocenters. The third kappa shape index (κ3) is 3.75. The average molecular weight is 322 g/mol. The summed E-state index contributed by atoms with van der Waals surface area (Å²) < 4.78 is 0.903. The summed E-state index contributed by atoms with van der Waals surface area (Å²) in [6.45, 7) is 0. The molecule has 0 N–H and O–H groups in total. The molecule has 1 aromatic heterocycles. The summed E-state index contributed by atoms with van der Waals surface area (Å²) in [4.78, 5) is 1.89. The molecule has 16 heavy (non-hydrogen) atoms. The maximum absolute atomic E-state index is 5.97. The Morgan fingerprint density at radius 1 is 1.25 bits per heavy atom. The van der Waals surface area contributed by atoms with E-state index in [-0.39, 0.29) is 0 Å². The first-order valence-electron chi connectivity index (χ1n) is 6.15. The predicted molar refractivity (Wildman–Crippen MR) is 76.8 cm³/mol. The van der Waals surface area contributed by atoms with Crippen LogP contribution in [0.1, 0.15) is 54.7 Å². The van der Waals surface area contributed by atoms with E-state index in [1.807, 2.05) is 6.07 Å². The topological polar surface area (TPSA) is 0 Å². The third-order valence-corrected chi connectivity index (χ3v) is 5.93. The van der Waals surface area contributed by atoms with Crippen molar-refractivity contribution in [1.82, 2.24) is 0 Å². The normalized spacial score (nSPS) is 20.6. The Bertz CT molecular complexity index is 315. The highest BCUT2D eigenvalue weighted by atomic mass is 79.9. The van der Waals surface area contributed by atoms with Crippen molar-refractivity contribution in [2.24, 2.45) is 5.92 Å². The molecule has 0 saturated heterocycles. The van der Waals surface area contributed by atoms with Gasteiger partial charge in [-0.1, -0.05) is 66.1 Å². The van der Waals surface area contributed by atoms with Gasteiger partial charge in [0, 0.05) is 9.70 Å². The first-order valence-corrected chi connectivity index (χ1v) is 8.26. The Morgan fingerprint density at radius 3 is 2.50 bits per heavy atom. The second-order valence-corrected chi connectivity index (χ2v) is 7.55. The smallest absolute Gasteiger partial charge is 0.0931 e. The van der Waals surface area contributed by atoms with Gasteiger partial charge in [-0.05, 0) is 24.5 Å². The quantitative estimate of drug-likeness (QED) is 0.459. The molecule has 1 fully saturated rings. The minimum atomic E-state index is 0.507. The lowest BCUT2D eigenvalue weighted by Crippen LogP contribution is -2.02. The maximum Gasteiger partial charge on any atom is 0.0931 e. The first-order chi connectivity index (χ1) is 7.75. The maximum atomic E-state index is 5.97. The van der Waals surface area contributed by atoms with E-state index >= 15 is 0 Å². The molecule has 0 aliphatic heterocycles. The Labute approximate surface area is 116 Å². The molecule has 0 radical (unpaired) electrons. The van der Waals surface area contributed by atoms with Crippen LogP contribution in [0.2, 0.25) is 4.34 Å². The second-order valence-electron chi connectivity index (χ2n) is 4.70. The van der Waals surface area contributed by atoms with Crippen LogP contribution in [0.5, 0.6) is 0 Å².